The molecule has 10 aromatic rings. The van der Waals surface area contributed by atoms with Gasteiger partial charge in [-0.2, -0.15) is 10.2 Å². The summed E-state index contributed by atoms with van der Waals surface area (Å²) in [5, 5.41) is 25.2. The van der Waals surface area contributed by atoms with Crippen LogP contribution in [0.1, 0.15) is 73.2 Å². The average molecular weight is 1050 g/mol. The Morgan fingerprint density at radius 1 is 0.625 bits per heavy atom. The van der Waals surface area contributed by atoms with E-state index in [0.717, 1.165) is 66.6 Å². The van der Waals surface area contributed by atoms with Crippen LogP contribution in [0, 0.1) is 27.7 Å². The molecular formula is C51H48Cl4N14O3. The first kappa shape index (κ1) is 52.3. The van der Waals surface area contributed by atoms with Crippen LogP contribution in [-0.2, 0) is 26.2 Å². The van der Waals surface area contributed by atoms with Crippen molar-refractivity contribution >= 4 is 114 Å². The van der Waals surface area contributed by atoms with Crippen molar-refractivity contribution in [3.63, 3.8) is 0 Å². The lowest BCUT2D eigenvalue weighted by Crippen LogP contribution is -2.25. The minimum atomic E-state index is -1.15. The number of pyridine rings is 6. The van der Waals surface area contributed by atoms with Crippen molar-refractivity contribution in [3.05, 3.63) is 174 Å². The van der Waals surface area contributed by atoms with Crippen molar-refractivity contribution in [3.8, 4) is 0 Å². The molecule has 368 valence electrons. The van der Waals surface area contributed by atoms with Crippen LogP contribution in [0.2, 0.25) is 20.4 Å². The second-order valence-electron chi connectivity index (χ2n) is 16.4. The van der Waals surface area contributed by atoms with Crippen molar-refractivity contribution in [1.29, 1.82) is 0 Å². The summed E-state index contributed by atoms with van der Waals surface area (Å²) in [7, 11) is 0. The number of rotatable bonds is 9. The van der Waals surface area contributed by atoms with Gasteiger partial charge < -0.3 is 27.6 Å². The monoisotopic (exact) mass is 1040 g/mol. The van der Waals surface area contributed by atoms with E-state index in [0.29, 0.717) is 63.1 Å². The molecule has 8 aromatic heterocycles. The van der Waals surface area contributed by atoms with Crippen LogP contribution in [0.5, 0.6) is 0 Å². The summed E-state index contributed by atoms with van der Waals surface area (Å²) in [5.74, 6) is -0.483. The molecule has 0 aliphatic rings. The number of hydrogen-bond donors (Lipinski definition) is 5. The van der Waals surface area contributed by atoms with Gasteiger partial charge in [-0.25, -0.2) is 24.7 Å². The number of carbonyl (C=O) groups is 2. The molecule has 0 saturated carbocycles. The van der Waals surface area contributed by atoms with Gasteiger partial charge in [-0.1, -0.05) is 66.0 Å². The summed E-state index contributed by atoms with van der Waals surface area (Å²) >= 11 is 24.6. The standard InChI is InChI=1S/C25H21Cl2N7O.C17H10Cl2N4O2.C8H13N3.CH4/c1-13-7-21(28)32-14(2)18(13)11-31-25(35)23-22-20(5-6-29-24(22)27)34(33-23)12-15-3-4-19-16(8-15)9-17(26)10-30-19;18-11-6-10-5-9(1-2-12(10)21-7-11)8-23-13-3-4-20-16(19)14(13)15(22-23)17(24)25;1-5-3-8(10)11-6(2)7(5)4-9;/h3-10H,11-12H2,1-2H3,(H2,28,32)(H,31,35);1-7H,8H2,(H,24,25);3H,4,9H2,1-2H3,(H2,10,11);1H4. The summed E-state index contributed by atoms with van der Waals surface area (Å²) in [6, 6.07) is 22.5. The lowest BCUT2D eigenvalue weighted by Gasteiger charge is -2.11. The fraction of sp³-hybridized carbons (Fsp3) is 0.176. The zero-order chi connectivity index (χ0) is 50.7. The summed E-state index contributed by atoms with van der Waals surface area (Å²) < 4.78 is 3.35. The number of aryl methyl sites for hydroxylation is 4. The number of nitrogens with zero attached hydrogens (tertiary/aromatic N) is 10. The third-order valence-electron chi connectivity index (χ3n) is 11.5. The Balaban J connectivity index is 0.000000178. The molecule has 8 heterocycles. The molecule has 0 atom stereocenters. The van der Waals surface area contributed by atoms with Crippen LogP contribution in [0.4, 0.5) is 11.6 Å². The number of nitrogens with two attached hydrogens (primary N) is 3. The topological polar surface area (TPSA) is 257 Å². The average Bonchev–Trinajstić information content (AvgIpc) is 3.88. The highest BCUT2D eigenvalue weighted by Crippen LogP contribution is 2.29. The van der Waals surface area contributed by atoms with Gasteiger partial charge in [0.25, 0.3) is 5.91 Å². The van der Waals surface area contributed by atoms with Gasteiger partial charge in [-0.05, 0) is 122 Å². The van der Waals surface area contributed by atoms with Crippen LogP contribution in [-0.4, -0.2) is 66.4 Å². The Labute approximate surface area is 433 Å². The Kier molecular flexibility index (Phi) is 16.2. The quantitative estimate of drug-likeness (QED) is 0.0843. The van der Waals surface area contributed by atoms with Crippen molar-refractivity contribution in [2.24, 2.45) is 5.73 Å². The number of halogens is 4. The minimum absolute atomic E-state index is 0. The summed E-state index contributed by atoms with van der Waals surface area (Å²) in [4.78, 5) is 49.8. The number of carbonyl (C=O) groups excluding carboxylic acids is 1. The van der Waals surface area contributed by atoms with Gasteiger partial charge in [-0.3, -0.25) is 24.1 Å². The Hall–Kier alpha value is -7.54. The van der Waals surface area contributed by atoms with E-state index in [1.165, 1.54) is 6.20 Å². The van der Waals surface area contributed by atoms with Gasteiger partial charge >= 0.3 is 5.97 Å². The SMILES string of the molecule is C.Cc1cc(N)nc(C)c1CN.Cc1cc(N)nc(C)c1CNC(=O)c1nn(Cc2ccc3ncc(Cl)cc3c2)c2ccnc(Cl)c12.O=C(O)c1nn(Cc2ccc3ncc(Cl)cc3c2)c2ccnc(Cl)c12. The molecule has 0 aliphatic carbocycles. The highest BCUT2D eigenvalue weighted by molar-refractivity contribution is 6.36. The number of hydrogen-bond acceptors (Lipinski definition) is 13. The molecule has 8 N–H and O–H groups in total. The molecule has 72 heavy (non-hydrogen) atoms. The zero-order valence-electron chi connectivity index (χ0n) is 38.5. The number of aromatic nitrogens is 10. The first-order valence-corrected chi connectivity index (χ1v) is 23.3. The minimum Gasteiger partial charge on any atom is -0.476 e. The largest absolute Gasteiger partial charge is 0.476 e. The molecular weight excluding hydrogens is 998 g/mol. The Morgan fingerprint density at radius 2 is 1.08 bits per heavy atom. The third kappa shape index (κ3) is 11.5. The van der Waals surface area contributed by atoms with E-state index in [1.807, 2.05) is 82.3 Å². The third-order valence-corrected chi connectivity index (χ3v) is 12.5. The number of carboxylic acid groups (broad SMARTS) is 1. The maximum Gasteiger partial charge on any atom is 0.357 e. The zero-order valence-corrected chi connectivity index (χ0v) is 41.6. The Morgan fingerprint density at radius 3 is 1.54 bits per heavy atom. The van der Waals surface area contributed by atoms with E-state index in [9.17, 15) is 14.7 Å². The van der Waals surface area contributed by atoms with Crippen LogP contribution in [0.15, 0.2) is 97.6 Å². The second kappa shape index (κ2) is 22.3. The number of benzene rings is 2. The molecule has 0 aliphatic heterocycles. The summed E-state index contributed by atoms with van der Waals surface area (Å²) in [5.41, 5.74) is 27.7. The van der Waals surface area contributed by atoms with Crippen LogP contribution in [0.3, 0.4) is 0 Å². The molecule has 0 bridgehead atoms. The van der Waals surface area contributed by atoms with Crippen molar-refractivity contribution in [2.45, 2.75) is 61.3 Å². The van der Waals surface area contributed by atoms with E-state index < -0.39 is 5.97 Å². The van der Waals surface area contributed by atoms with Crippen molar-refractivity contribution in [2.75, 3.05) is 11.5 Å². The Bertz CT molecular complexity index is 3650. The fourth-order valence-corrected chi connectivity index (χ4v) is 8.99. The molecule has 17 nitrogen and oxygen atoms in total. The van der Waals surface area contributed by atoms with E-state index in [1.54, 1.807) is 46.2 Å². The van der Waals surface area contributed by atoms with Crippen molar-refractivity contribution in [1.82, 2.24) is 54.8 Å². The lowest BCUT2D eigenvalue weighted by molar-refractivity contribution is 0.0691. The van der Waals surface area contributed by atoms with Gasteiger partial charge in [0.15, 0.2) is 11.4 Å². The number of amides is 1. The van der Waals surface area contributed by atoms with Gasteiger partial charge in [0, 0.05) is 60.0 Å². The molecule has 1 amide bonds. The number of aromatic carboxylic acids is 1. The van der Waals surface area contributed by atoms with E-state index in [2.05, 4.69) is 45.4 Å². The van der Waals surface area contributed by atoms with Crippen LogP contribution in [0.25, 0.3) is 43.6 Å². The summed E-state index contributed by atoms with van der Waals surface area (Å²) in [6.07, 6.45) is 6.34. The lowest BCUT2D eigenvalue weighted by atomic mass is 10.1. The van der Waals surface area contributed by atoms with Gasteiger partial charge in [0.05, 0.1) is 56.0 Å². The first-order chi connectivity index (χ1) is 34.0. The molecule has 2 aromatic carbocycles. The molecule has 10 rings (SSSR count). The first-order valence-electron chi connectivity index (χ1n) is 21.7. The second-order valence-corrected chi connectivity index (χ2v) is 18.0. The number of fused-ring (bicyclic) bond motifs is 4. The highest BCUT2D eigenvalue weighted by Gasteiger charge is 2.22. The smallest absolute Gasteiger partial charge is 0.357 e. The number of anilines is 2. The maximum absolute atomic E-state index is 13.2. The normalized spacial score (nSPS) is 11.0. The number of nitrogens with one attached hydrogen (secondary N) is 1. The van der Waals surface area contributed by atoms with E-state index in [4.69, 9.17) is 63.6 Å². The predicted octanol–water partition coefficient (Wildman–Crippen LogP) is 10.3. The van der Waals surface area contributed by atoms with Crippen molar-refractivity contribution < 1.29 is 14.7 Å². The molecule has 0 spiro atoms. The highest BCUT2D eigenvalue weighted by atomic mass is 35.5. The molecule has 0 unspecified atom stereocenters. The fourth-order valence-electron chi connectivity index (χ4n) is 8.18. The van der Waals surface area contributed by atoms with Crippen LogP contribution < -0.4 is 22.5 Å². The number of carboxylic acids is 1. The molecule has 21 heteroatoms. The van der Waals surface area contributed by atoms with Crippen LogP contribution >= 0.6 is 46.4 Å². The summed E-state index contributed by atoms with van der Waals surface area (Å²) in [6.45, 7) is 9.34. The van der Waals surface area contributed by atoms with E-state index >= 15 is 0 Å². The van der Waals surface area contributed by atoms with Gasteiger partial charge in [-0.15, -0.1) is 0 Å². The van der Waals surface area contributed by atoms with E-state index in [-0.39, 0.29) is 41.6 Å². The number of nitrogen functional groups attached to an aromatic ring is 2. The molecule has 0 fully saturated rings. The molecule has 0 radical (unpaired) electrons. The maximum atomic E-state index is 13.2. The van der Waals surface area contributed by atoms with Gasteiger partial charge in [0.1, 0.15) is 21.9 Å². The van der Waals surface area contributed by atoms with Gasteiger partial charge in [0.2, 0.25) is 0 Å². The predicted molar refractivity (Wildman–Crippen MR) is 286 cm³/mol. The molecule has 0 saturated heterocycles.